The van der Waals surface area contributed by atoms with Gasteiger partial charge in [0.2, 0.25) is 0 Å². The van der Waals surface area contributed by atoms with Crippen molar-refractivity contribution in [2.75, 3.05) is 30.7 Å². The SMILES string of the molecule is Cc1c(N)nsc1NC(C)CN1CCCCC1. The third kappa shape index (κ3) is 3.33. The lowest BCUT2D eigenvalue weighted by molar-refractivity contribution is 0.223. The zero-order valence-corrected chi connectivity index (χ0v) is 11.5. The third-order valence-electron chi connectivity index (χ3n) is 3.32. The van der Waals surface area contributed by atoms with E-state index in [9.17, 15) is 0 Å². The number of aromatic nitrogens is 1. The van der Waals surface area contributed by atoms with E-state index < -0.39 is 0 Å². The molecule has 1 aromatic heterocycles. The van der Waals surface area contributed by atoms with Gasteiger partial charge in [0.25, 0.3) is 0 Å². The van der Waals surface area contributed by atoms with Crippen molar-refractivity contribution >= 4 is 22.4 Å². The van der Waals surface area contributed by atoms with Crippen LogP contribution in [0.2, 0.25) is 0 Å². The third-order valence-corrected chi connectivity index (χ3v) is 4.21. The topological polar surface area (TPSA) is 54.2 Å². The van der Waals surface area contributed by atoms with Crippen LogP contribution in [0.3, 0.4) is 0 Å². The molecule has 4 nitrogen and oxygen atoms in total. The average Bonchev–Trinajstić information content (AvgIpc) is 2.62. The molecule has 0 aromatic carbocycles. The summed E-state index contributed by atoms with van der Waals surface area (Å²) in [6.07, 6.45) is 4.08. The Bertz CT molecular complexity index is 357. The van der Waals surface area contributed by atoms with Crippen LogP contribution in [0.1, 0.15) is 31.7 Å². The molecular formula is C12H22N4S. The summed E-state index contributed by atoms with van der Waals surface area (Å²) >= 11 is 1.46. The van der Waals surface area contributed by atoms with Gasteiger partial charge in [-0.05, 0) is 51.3 Å². The summed E-state index contributed by atoms with van der Waals surface area (Å²) in [4.78, 5) is 2.54. The molecule has 1 atom stereocenters. The van der Waals surface area contributed by atoms with E-state index in [-0.39, 0.29) is 0 Å². The highest BCUT2D eigenvalue weighted by Gasteiger charge is 2.15. The summed E-state index contributed by atoms with van der Waals surface area (Å²) in [5.74, 6) is 0.655. The van der Waals surface area contributed by atoms with Gasteiger partial charge in [0.1, 0.15) is 10.8 Å². The number of nitrogens with two attached hydrogens (primary N) is 1. The largest absolute Gasteiger partial charge is 0.383 e. The Morgan fingerprint density at radius 1 is 1.41 bits per heavy atom. The van der Waals surface area contributed by atoms with E-state index in [1.807, 2.05) is 6.92 Å². The molecule has 2 heterocycles. The second kappa shape index (κ2) is 5.69. The number of nitrogens with zero attached hydrogens (tertiary/aromatic N) is 2. The Balaban J connectivity index is 1.84. The molecule has 0 spiro atoms. The normalized spacial score (nSPS) is 19.2. The first-order valence-corrected chi connectivity index (χ1v) is 7.15. The molecule has 1 fully saturated rings. The Labute approximate surface area is 107 Å². The maximum absolute atomic E-state index is 5.75. The van der Waals surface area contributed by atoms with Crippen LogP contribution in [-0.2, 0) is 0 Å². The zero-order chi connectivity index (χ0) is 12.3. The van der Waals surface area contributed by atoms with Crippen molar-refractivity contribution < 1.29 is 0 Å². The van der Waals surface area contributed by atoms with Crippen LogP contribution in [0.25, 0.3) is 0 Å². The molecule has 1 aromatic rings. The molecule has 1 unspecified atom stereocenters. The number of nitrogens with one attached hydrogen (secondary N) is 1. The van der Waals surface area contributed by atoms with Gasteiger partial charge in [-0.3, -0.25) is 0 Å². The Kier molecular flexibility index (Phi) is 4.23. The molecule has 1 aliphatic rings. The molecule has 3 N–H and O–H groups in total. The van der Waals surface area contributed by atoms with E-state index in [1.54, 1.807) is 0 Å². The van der Waals surface area contributed by atoms with Crippen molar-refractivity contribution in [3.63, 3.8) is 0 Å². The van der Waals surface area contributed by atoms with Gasteiger partial charge in [-0.25, -0.2) is 0 Å². The van der Waals surface area contributed by atoms with E-state index in [1.165, 1.54) is 43.9 Å². The number of likely N-dealkylation sites (tertiary alicyclic amines) is 1. The average molecular weight is 254 g/mol. The predicted molar refractivity (Wildman–Crippen MR) is 74.6 cm³/mol. The smallest absolute Gasteiger partial charge is 0.142 e. The van der Waals surface area contributed by atoms with Crippen LogP contribution in [0.5, 0.6) is 0 Å². The lowest BCUT2D eigenvalue weighted by atomic mass is 10.1. The Morgan fingerprint density at radius 3 is 2.71 bits per heavy atom. The van der Waals surface area contributed by atoms with Crippen LogP contribution in [0, 0.1) is 6.92 Å². The molecule has 0 saturated carbocycles. The molecule has 1 saturated heterocycles. The summed E-state index contributed by atoms with van der Waals surface area (Å²) in [6, 6.07) is 0.451. The summed E-state index contributed by atoms with van der Waals surface area (Å²) < 4.78 is 4.16. The highest BCUT2D eigenvalue weighted by atomic mass is 32.1. The number of hydrogen-bond donors (Lipinski definition) is 2. The molecular weight excluding hydrogens is 232 g/mol. The van der Waals surface area contributed by atoms with Gasteiger partial charge in [-0.15, -0.1) is 0 Å². The highest BCUT2D eigenvalue weighted by Crippen LogP contribution is 2.26. The van der Waals surface area contributed by atoms with Gasteiger partial charge < -0.3 is 16.0 Å². The maximum atomic E-state index is 5.75. The first kappa shape index (κ1) is 12.6. The highest BCUT2D eigenvalue weighted by molar-refractivity contribution is 7.10. The van der Waals surface area contributed by atoms with Crippen molar-refractivity contribution in [1.29, 1.82) is 0 Å². The second-order valence-electron chi connectivity index (χ2n) is 4.93. The molecule has 96 valence electrons. The molecule has 1 aliphatic heterocycles. The van der Waals surface area contributed by atoms with E-state index in [4.69, 9.17) is 5.73 Å². The fourth-order valence-corrected chi connectivity index (χ4v) is 3.10. The monoisotopic (exact) mass is 254 g/mol. The van der Waals surface area contributed by atoms with E-state index in [0.29, 0.717) is 11.9 Å². The van der Waals surface area contributed by atoms with Crippen LogP contribution in [0.4, 0.5) is 10.8 Å². The van der Waals surface area contributed by atoms with Gasteiger partial charge >= 0.3 is 0 Å². The van der Waals surface area contributed by atoms with Crippen LogP contribution >= 0.6 is 11.5 Å². The van der Waals surface area contributed by atoms with E-state index in [2.05, 4.69) is 21.5 Å². The summed E-state index contributed by atoms with van der Waals surface area (Å²) in [5.41, 5.74) is 6.83. The molecule has 0 aliphatic carbocycles. The maximum Gasteiger partial charge on any atom is 0.142 e. The van der Waals surface area contributed by atoms with Crippen molar-refractivity contribution in [1.82, 2.24) is 9.27 Å². The lowest BCUT2D eigenvalue weighted by Crippen LogP contribution is -2.38. The minimum Gasteiger partial charge on any atom is -0.383 e. The number of hydrogen-bond acceptors (Lipinski definition) is 5. The zero-order valence-electron chi connectivity index (χ0n) is 10.7. The van der Waals surface area contributed by atoms with Crippen molar-refractivity contribution in [2.24, 2.45) is 0 Å². The van der Waals surface area contributed by atoms with Gasteiger partial charge in [0.05, 0.1) is 0 Å². The standard InChI is InChI=1S/C12H22N4S/c1-9(8-16-6-4-3-5-7-16)14-12-10(2)11(13)15-17-12/h9,14H,3-8H2,1-2H3,(H2,13,15). The molecule has 0 radical (unpaired) electrons. The predicted octanol–water partition coefficient (Wildman–Crippen LogP) is 2.32. The van der Waals surface area contributed by atoms with Gasteiger partial charge in [0.15, 0.2) is 0 Å². The van der Waals surface area contributed by atoms with E-state index in [0.717, 1.165) is 17.1 Å². The molecule has 5 heteroatoms. The van der Waals surface area contributed by atoms with Gasteiger partial charge in [-0.2, -0.15) is 4.37 Å². The van der Waals surface area contributed by atoms with E-state index >= 15 is 0 Å². The molecule has 2 rings (SSSR count). The van der Waals surface area contributed by atoms with Gasteiger partial charge in [0, 0.05) is 18.2 Å². The van der Waals surface area contributed by atoms with Crippen molar-refractivity contribution in [3.05, 3.63) is 5.56 Å². The number of piperidine rings is 1. The van der Waals surface area contributed by atoms with Crippen molar-refractivity contribution in [3.8, 4) is 0 Å². The number of nitrogen functional groups attached to an aromatic ring is 1. The minimum absolute atomic E-state index is 0.451. The second-order valence-corrected chi connectivity index (χ2v) is 5.70. The first-order valence-electron chi connectivity index (χ1n) is 6.37. The lowest BCUT2D eigenvalue weighted by Gasteiger charge is -2.29. The fraction of sp³-hybridized carbons (Fsp3) is 0.750. The van der Waals surface area contributed by atoms with Gasteiger partial charge in [-0.1, -0.05) is 6.42 Å². The fourth-order valence-electron chi connectivity index (χ4n) is 2.28. The molecule has 0 amide bonds. The Hall–Kier alpha value is -0.810. The van der Waals surface area contributed by atoms with Crippen LogP contribution in [-0.4, -0.2) is 34.9 Å². The summed E-state index contributed by atoms with van der Waals surface area (Å²) in [5, 5.41) is 4.63. The summed E-state index contributed by atoms with van der Waals surface area (Å²) in [7, 11) is 0. The van der Waals surface area contributed by atoms with Crippen molar-refractivity contribution in [2.45, 2.75) is 39.2 Å². The minimum atomic E-state index is 0.451. The first-order chi connectivity index (χ1) is 8.16. The molecule has 0 bridgehead atoms. The number of anilines is 2. The van der Waals surface area contributed by atoms with Crippen LogP contribution < -0.4 is 11.1 Å². The summed E-state index contributed by atoms with van der Waals surface area (Å²) in [6.45, 7) is 7.85. The Morgan fingerprint density at radius 2 is 2.12 bits per heavy atom. The quantitative estimate of drug-likeness (QED) is 0.866. The van der Waals surface area contributed by atoms with Crippen LogP contribution in [0.15, 0.2) is 0 Å². The number of rotatable bonds is 4. The molecule has 17 heavy (non-hydrogen) atoms.